The molecule has 0 saturated carbocycles. The second-order valence-electron chi connectivity index (χ2n) is 7.02. The Balaban J connectivity index is 1.60. The van der Waals surface area contributed by atoms with E-state index in [1.54, 1.807) is 13.0 Å². The number of ether oxygens (including phenoxy) is 1. The average molecular weight is 395 g/mol. The molecule has 29 heavy (non-hydrogen) atoms. The molecule has 0 spiro atoms. The number of aromatic nitrogens is 2. The van der Waals surface area contributed by atoms with Gasteiger partial charge in [-0.15, -0.1) is 0 Å². The van der Waals surface area contributed by atoms with Crippen molar-refractivity contribution in [2.45, 2.75) is 6.92 Å². The molecule has 9 nitrogen and oxygen atoms in total. The van der Waals surface area contributed by atoms with Gasteiger partial charge in [0.15, 0.2) is 0 Å². The summed E-state index contributed by atoms with van der Waals surface area (Å²) in [6.07, 6.45) is 1.19. The van der Waals surface area contributed by atoms with E-state index in [0.717, 1.165) is 24.0 Å². The van der Waals surface area contributed by atoms with E-state index in [9.17, 15) is 14.9 Å². The smallest absolute Gasteiger partial charge is 0.290 e. The Morgan fingerprint density at radius 1 is 1.24 bits per heavy atom. The van der Waals surface area contributed by atoms with Crippen molar-refractivity contribution < 1.29 is 14.5 Å². The first-order valence-electron chi connectivity index (χ1n) is 9.32. The van der Waals surface area contributed by atoms with E-state index in [0.29, 0.717) is 30.1 Å². The number of carbonyl (C=O) groups excluding carboxylic acids is 1. The lowest BCUT2D eigenvalue weighted by Crippen LogP contribution is -2.46. The van der Waals surface area contributed by atoms with Gasteiger partial charge in [-0.3, -0.25) is 14.9 Å². The summed E-state index contributed by atoms with van der Waals surface area (Å²) in [6, 6.07) is 8.91. The fourth-order valence-electron chi connectivity index (χ4n) is 3.52. The van der Waals surface area contributed by atoms with Gasteiger partial charge in [0.2, 0.25) is 5.88 Å². The molecule has 150 valence electrons. The van der Waals surface area contributed by atoms with E-state index in [4.69, 9.17) is 4.74 Å². The number of pyridine rings is 1. The minimum absolute atomic E-state index is 0.0142. The van der Waals surface area contributed by atoms with Crippen molar-refractivity contribution in [3.8, 4) is 11.6 Å². The highest BCUT2D eigenvalue weighted by Gasteiger charge is 2.22. The van der Waals surface area contributed by atoms with Crippen LogP contribution < -0.4 is 10.1 Å². The van der Waals surface area contributed by atoms with Crippen LogP contribution in [-0.2, 0) is 7.05 Å². The van der Waals surface area contributed by atoms with Crippen LogP contribution in [0.1, 0.15) is 16.1 Å². The van der Waals surface area contributed by atoms with Gasteiger partial charge in [-0.2, -0.15) is 0 Å². The Morgan fingerprint density at radius 3 is 2.69 bits per heavy atom. The molecule has 1 aromatic carbocycles. The molecule has 3 heterocycles. The molecule has 0 aliphatic carbocycles. The number of nitro groups is 1. The molecule has 1 aliphatic rings. The number of amides is 1. The summed E-state index contributed by atoms with van der Waals surface area (Å²) in [5.74, 6) is 0.839. The van der Waals surface area contributed by atoms with Gasteiger partial charge < -0.3 is 19.5 Å². The highest BCUT2D eigenvalue weighted by atomic mass is 16.6. The predicted octanol–water partition coefficient (Wildman–Crippen LogP) is 2.63. The van der Waals surface area contributed by atoms with Crippen LogP contribution >= 0.6 is 0 Å². The van der Waals surface area contributed by atoms with Crippen molar-refractivity contribution in [3.63, 3.8) is 0 Å². The van der Waals surface area contributed by atoms with Gasteiger partial charge in [0.05, 0.1) is 4.92 Å². The first-order chi connectivity index (χ1) is 13.9. The van der Waals surface area contributed by atoms with Crippen molar-refractivity contribution in [2.24, 2.45) is 7.05 Å². The van der Waals surface area contributed by atoms with Crippen molar-refractivity contribution in [1.29, 1.82) is 0 Å². The number of piperazine rings is 1. The maximum atomic E-state index is 12.9. The summed E-state index contributed by atoms with van der Waals surface area (Å²) in [5, 5.41) is 15.1. The summed E-state index contributed by atoms with van der Waals surface area (Å²) in [4.78, 5) is 29.2. The molecule has 3 aromatic rings. The van der Waals surface area contributed by atoms with Crippen molar-refractivity contribution >= 4 is 22.5 Å². The molecule has 1 saturated heterocycles. The first kappa shape index (κ1) is 18.9. The molecule has 1 fully saturated rings. The third-order valence-corrected chi connectivity index (χ3v) is 5.11. The molecule has 1 aliphatic heterocycles. The highest BCUT2D eigenvalue weighted by molar-refractivity contribution is 5.99. The largest absolute Gasteiger partial charge is 0.439 e. The Hall–Kier alpha value is -3.46. The molecule has 1 N–H and O–H groups in total. The number of nitrogens with one attached hydrogen (secondary N) is 1. The van der Waals surface area contributed by atoms with Crippen LogP contribution in [0.15, 0.2) is 36.5 Å². The monoisotopic (exact) mass is 395 g/mol. The third kappa shape index (κ3) is 3.64. The lowest BCUT2D eigenvalue weighted by Gasteiger charge is -2.27. The fraction of sp³-hybridized carbons (Fsp3) is 0.300. The zero-order valence-corrected chi connectivity index (χ0v) is 16.2. The number of hydrogen-bond donors (Lipinski definition) is 1. The van der Waals surface area contributed by atoms with Crippen molar-refractivity contribution in [3.05, 3.63) is 57.9 Å². The van der Waals surface area contributed by atoms with E-state index in [2.05, 4.69) is 10.3 Å². The molecule has 0 bridgehead atoms. The zero-order chi connectivity index (χ0) is 20.5. The van der Waals surface area contributed by atoms with Crippen LogP contribution in [0.25, 0.3) is 10.9 Å². The Kier molecular flexibility index (Phi) is 4.89. The molecule has 0 atom stereocenters. The molecule has 0 radical (unpaired) electrons. The Morgan fingerprint density at radius 2 is 2.00 bits per heavy atom. The minimum Gasteiger partial charge on any atom is -0.439 e. The summed E-state index contributed by atoms with van der Waals surface area (Å²) in [6.45, 7) is 4.63. The number of benzene rings is 1. The third-order valence-electron chi connectivity index (χ3n) is 5.11. The zero-order valence-electron chi connectivity index (χ0n) is 16.2. The fourth-order valence-corrected chi connectivity index (χ4v) is 3.52. The van der Waals surface area contributed by atoms with Gasteiger partial charge in [0, 0.05) is 55.8 Å². The molecule has 4 rings (SSSR count). The highest BCUT2D eigenvalue weighted by Crippen LogP contribution is 2.29. The van der Waals surface area contributed by atoms with E-state index in [-0.39, 0.29) is 17.5 Å². The van der Waals surface area contributed by atoms with Gasteiger partial charge >= 0.3 is 0 Å². The van der Waals surface area contributed by atoms with Crippen molar-refractivity contribution in [2.75, 3.05) is 26.2 Å². The number of fused-ring (bicyclic) bond motifs is 1. The van der Waals surface area contributed by atoms with E-state index in [1.165, 1.54) is 12.3 Å². The van der Waals surface area contributed by atoms with Crippen LogP contribution in [0.4, 0.5) is 5.69 Å². The normalized spacial score (nSPS) is 14.2. The summed E-state index contributed by atoms with van der Waals surface area (Å²) in [5.41, 5.74) is 1.98. The van der Waals surface area contributed by atoms with Gasteiger partial charge in [-0.05, 0) is 31.2 Å². The summed E-state index contributed by atoms with van der Waals surface area (Å²) < 4.78 is 7.67. The molecule has 2 aromatic heterocycles. The van der Waals surface area contributed by atoms with Crippen LogP contribution in [-0.4, -0.2) is 51.5 Å². The van der Waals surface area contributed by atoms with Gasteiger partial charge in [-0.1, -0.05) is 0 Å². The van der Waals surface area contributed by atoms with Crippen LogP contribution in [0.5, 0.6) is 11.6 Å². The molecular weight excluding hydrogens is 374 g/mol. The number of rotatable bonds is 4. The standard InChI is InChI=1S/C20H21N5O4/c1-13-9-19(22-12-18(13)25(27)28)29-15-3-4-16-14(10-15)11-17(23(16)2)20(26)24-7-5-21-6-8-24/h3-4,9-12,21H,5-8H2,1-2H3. The van der Waals surface area contributed by atoms with Crippen LogP contribution in [0.2, 0.25) is 0 Å². The van der Waals surface area contributed by atoms with E-state index in [1.807, 2.05) is 34.7 Å². The lowest BCUT2D eigenvalue weighted by molar-refractivity contribution is -0.385. The SMILES string of the molecule is Cc1cc(Oc2ccc3c(c2)cc(C(=O)N2CCNCC2)n3C)ncc1[N+](=O)[O-]. The maximum Gasteiger partial charge on any atom is 0.290 e. The Bertz CT molecular complexity index is 1100. The molecule has 1 amide bonds. The molecule has 9 heteroatoms. The maximum absolute atomic E-state index is 12.9. The Labute approximate surface area is 167 Å². The average Bonchev–Trinajstić information content (AvgIpc) is 3.04. The van der Waals surface area contributed by atoms with Gasteiger partial charge in [0.1, 0.15) is 17.6 Å². The summed E-state index contributed by atoms with van der Waals surface area (Å²) >= 11 is 0. The number of aryl methyl sites for hydroxylation is 2. The van der Waals surface area contributed by atoms with Gasteiger partial charge in [0.25, 0.3) is 11.6 Å². The van der Waals surface area contributed by atoms with Crippen LogP contribution in [0.3, 0.4) is 0 Å². The second-order valence-corrected chi connectivity index (χ2v) is 7.02. The number of hydrogen-bond acceptors (Lipinski definition) is 6. The number of nitrogens with zero attached hydrogens (tertiary/aromatic N) is 4. The van der Waals surface area contributed by atoms with Crippen LogP contribution in [0, 0.1) is 17.0 Å². The molecular formula is C20H21N5O4. The minimum atomic E-state index is -0.473. The number of carbonyl (C=O) groups is 1. The first-order valence-corrected chi connectivity index (χ1v) is 9.32. The topological polar surface area (TPSA) is 103 Å². The predicted molar refractivity (Wildman–Crippen MR) is 107 cm³/mol. The lowest BCUT2D eigenvalue weighted by atomic mass is 10.2. The van der Waals surface area contributed by atoms with E-state index < -0.39 is 4.92 Å². The quantitative estimate of drug-likeness (QED) is 0.538. The van der Waals surface area contributed by atoms with Crippen molar-refractivity contribution in [1.82, 2.24) is 19.8 Å². The molecule has 0 unspecified atom stereocenters. The second kappa shape index (κ2) is 7.51. The van der Waals surface area contributed by atoms with Gasteiger partial charge in [-0.25, -0.2) is 4.98 Å². The summed E-state index contributed by atoms with van der Waals surface area (Å²) in [7, 11) is 1.87. The van der Waals surface area contributed by atoms with E-state index >= 15 is 0 Å².